The number of anilines is 1. The smallest absolute Gasteiger partial charge is 0.260 e. The lowest BCUT2D eigenvalue weighted by Crippen LogP contribution is -1.91. The Labute approximate surface area is 123 Å². The number of nitrogens with two attached hydrogens (primary N) is 1. The maximum absolute atomic E-state index is 13.2. The lowest BCUT2D eigenvalue weighted by molar-refractivity contribution is 0.432. The summed E-state index contributed by atoms with van der Waals surface area (Å²) in [6.45, 7) is 0. The van der Waals surface area contributed by atoms with Crippen molar-refractivity contribution in [3.63, 3.8) is 0 Å². The number of hydrogen-bond donors (Lipinski definition) is 1. The highest BCUT2D eigenvalue weighted by Crippen LogP contribution is 2.31. The van der Waals surface area contributed by atoms with Gasteiger partial charge in [-0.3, -0.25) is 0 Å². The summed E-state index contributed by atoms with van der Waals surface area (Å²) < 4.78 is 31.5. The predicted octanol–water partition coefficient (Wildman–Crippen LogP) is 3.92. The van der Waals surface area contributed by atoms with Crippen LogP contribution in [0.3, 0.4) is 0 Å². The van der Waals surface area contributed by atoms with Crippen LogP contribution in [0.4, 0.5) is 14.5 Å². The molecule has 2 N–H and O–H groups in total. The molecule has 4 nitrogen and oxygen atoms in total. The number of nitrogens with zero attached hydrogens (tertiary/aromatic N) is 2. The molecule has 1 heterocycles. The molecule has 1 aromatic heterocycles. The quantitative estimate of drug-likeness (QED) is 0.729. The Morgan fingerprint density at radius 3 is 2.52 bits per heavy atom. The van der Waals surface area contributed by atoms with E-state index in [9.17, 15) is 8.78 Å². The minimum absolute atomic E-state index is 0.0581. The highest BCUT2D eigenvalue weighted by atomic mass is 35.5. The van der Waals surface area contributed by atoms with Crippen LogP contribution in [0.2, 0.25) is 5.02 Å². The van der Waals surface area contributed by atoms with E-state index in [-0.39, 0.29) is 17.3 Å². The van der Waals surface area contributed by atoms with Crippen molar-refractivity contribution in [3.05, 3.63) is 53.1 Å². The van der Waals surface area contributed by atoms with Crippen LogP contribution < -0.4 is 5.73 Å². The van der Waals surface area contributed by atoms with Gasteiger partial charge in [-0.15, -0.1) is 0 Å². The minimum atomic E-state index is -0.724. The number of halogens is 3. The highest BCUT2D eigenvalue weighted by molar-refractivity contribution is 6.33. The topological polar surface area (TPSA) is 64.9 Å². The van der Waals surface area contributed by atoms with E-state index in [1.54, 1.807) is 18.2 Å². The lowest BCUT2D eigenvalue weighted by Gasteiger charge is -2.01. The molecule has 3 aromatic rings. The van der Waals surface area contributed by atoms with E-state index in [0.717, 1.165) is 18.2 Å². The fraction of sp³-hybridized carbons (Fsp3) is 0. The third-order valence-electron chi connectivity index (χ3n) is 2.83. The summed E-state index contributed by atoms with van der Waals surface area (Å²) in [5.41, 5.74) is 6.75. The van der Waals surface area contributed by atoms with Gasteiger partial charge in [0.2, 0.25) is 5.82 Å². The van der Waals surface area contributed by atoms with Crippen molar-refractivity contribution < 1.29 is 13.3 Å². The average molecular weight is 308 g/mol. The second kappa shape index (κ2) is 5.14. The molecule has 0 aliphatic heterocycles. The monoisotopic (exact) mass is 307 g/mol. The van der Waals surface area contributed by atoms with Crippen molar-refractivity contribution in [2.24, 2.45) is 0 Å². The maximum Gasteiger partial charge on any atom is 0.260 e. The summed E-state index contributed by atoms with van der Waals surface area (Å²) in [7, 11) is 0. The third kappa shape index (κ3) is 2.57. The molecule has 0 fully saturated rings. The van der Waals surface area contributed by atoms with E-state index in [2.05, 4.69) is 10.1 Å². The van der Waals surface area contributed by atoms with Crippen LogP contribution in [-0.4, -0.2) is 10.1 Å². The molecule has 0 unspecified atom stereocenters. The first-order valence-electron chi connectivity index (χ1n) is 5.89. The van der Waals surface area contributed by atoms with Gasteiger partial charge >= 0.3 is 0 Å². The first kappa shape index (κ1) is 13.5. The van der Waals surface area contributed by atoms with E-state index in [1.807, 2.05) is 0 Å². The van der Waals surface area contributed by atoms with Crippen LogP contribution in [0.25, 0.3) is 22.8 Å². The molecule has 0 saturated heterocycles. The molecule has 0 saturated carbocycles. The zero-order valence-electron chi connectivity index (χ0n) is 10.5. The molecular weight excluding hydrogens is 300 g/mol. The highest BCUT2D eigenvalue weighted by Gasteiger charge is 2.15. The molecular formula is C14H8ClF2N3O. The Balaban J connectivity index is 2.06. The van der Waals surface area contributed by atoms with Crippen molar-refractivity contribution in [2.75, 3.05) is 5.73 Å². The average Bonchev–Trinajstić information content (AvgIpc) is 2.90. The Morgan fingerprint density at radius 2 is 1.81 bits per heavy atom. The van der Waals surface area contributed by atoms with Gasteiger partial charge < -0.3 is 10.3 Å². The summed E-state index contributed by atoms with van der Waals surface area (Å²) in [5.74, 6) is -1.27. The van der Waals surface area contributed by atoms with Crippen molar-refractivity contribution in [1.82, 2.24) is 10.1 Å². The molecule has 0 atom stereocenters. The molecule has 106 valence electrons. The molecule has 3 rings (SSSR count). The SMILES string of the molecule is Nc1c(Cl)cccc1-c1nc(-c2cc(F)cc(F)c2)no1. The summed E-state index contributed by atoms with van der Waals surface area (Å²) in [5, 5.41) is 4.05. The molecule has 0 spiro atoms. The van der Waals surface area contributed by atoms with Crippen molar-refractivity contribution in [1.29, 1.82) is 0 Å². The van der Waals surface area contributed by atoms with Crippen molar-refractivity contribution >= 4 is 17.3 Å². The van der Waals surface area contributed by atoms with Crippen LogP contribution in [0.5, 0.6) is 0 Å². The van der Waals surface area contributed by atoms with Crippen molar-refractivity contribution in [2.45, 2.75) is 0 Å². The maximum atomic E-state index is 13.2. The summed E-state index contributed by atoms with van der Waals surface area (Å²) in [4.78, 5) is 4.09. The van der Waals surface area contributed by atoms with E-state index >= 15 is 0 Å². The van der Waals surface area contributed by atoms with Gasteiger partial charge in [-0.1, -0.05) is 22.8 Å². The van der Waals surface area contributed by atoms with Crippen LogP contribution in [0, 0.1) is 11.6 Å². The number of para-hydroxylation sites is 1. The molecule has 21 heavy (non-hydrogen) atoms. The zero-order valence-corrected chi connectivity index (χ0v) is 11.2. The fourth-order valence-corrected chi connectivity index (χ4v) is 2.03. The van der Waals surface area contributed by atoms with E-state index in [1.165, 1.54) is 0 Å². The van der Waals surface area contributed by atoms with E-state index in [4.69, 9.17) is 21.9 Å². The number of hydrogen-bond acceptors (Lipinski definition) is 4. The van der Waals surface area contributed by atoms with Gasteiger partial charge in [-0.25, -0.2) is 8.78 Å². The summed E-state index contributed by atoms with van der Waals surface area (Å²) in [6.07, 6.45) is 0. The van der Waals surface area contributed by atoms with E-state index in [0.29, 0.717) is 16.3 Å². The Hall–Kier alpha value is -2.47. The van der Waals surface area contributed by atoms with Crippen molar-refractivity contribution in [3.8, 4) is 22.8 Å². The van der Waals surface area contributed by atoms with E-state index < -0.39 is 11.6 Å². The second-order valence-corrected chi connectivity index (χ2v) is 4.69. The van der Waals surface area contributed by atoms with Gasteiger partial charge in [-0.2, -0.15) is 4.98 Å². The van der Waals surface area contributed by atoms with Crippen LogP contribution in [0.15, 0.2) is 40.9 Å². The zero-order chi connectivity index (χ0) is 15.0. The number of benzene rings is 2. The summed E-state index contributed by atoms with van der Waals surface area (Å²) >= 11 is 5.92. The van der Waals surface area contributed by atoms with Gasteiger partial charge in [0.05, 0.1) is 16.3 Å². The second-order valence-electron chi connectivity index (χ2n) is 4.28. The van der Waals surface area contributed by atoms with Crippen LogP contribution >= 0.6 is 11.6 Å². The Morgan fingerprint density at radius 1 is 1.10 bits per heavy atom. The molecule has 0 amide bonds. The first-order chi connectivity index (χ1) is 10.0. The fourth-order valence-electron chi connectivity index (χ4n) is 1.86. The molecule has 0 aliphatic rings. The number of nitrogen functional groups attached to an aromatic ring is 1. The Bertz CT molecular complexity index is 799. The van der Waals surface area contributed by atoms with Crippen LogP contribution in [-0.2, 0) is 0 Å². The van der Waals surface area contributed by atoms with Gasteiger partial charge in [0.25, 0.3) is 5.89 Å². The molecule has 0 radical (unpaired) electrons. The standard InChI is InChI=1S/C14H8ClF2N3O/c15-11-3-1-2-10(12(11)18)14-19-13(20-21-14)7-4-8(16)6-9(17)5-7/h1-6H,18H2. The molecule has 7 heteroatoms. The van der Waals surface area contributed by atoms with Gasteiger partial charge in [0, 0.05) is 11.6 Å². The first-order valence-corrected chi connectivity index (χ1v) is 6.27. The molecule has 0 aliphatic carbocycles. The summed E-state index contributed by atoms with van der Waals surface area (Å²) in [6, 6.07) is 7.95. The van der Waals surface area contributed by atoms with Gasteiger partial charge in [0.15, 0.2) is 0 Å². The van der Waals surface area contributed by atoms with Crippen LogP contribution in [0.1, 0.15) is 0 Å². The minimum Gasteiger partial charge on any atom is -0.397 e. The third-order valence-corrected chi connectivity index (χ3v) is 3.16. The van der Waals surface area contributed by atoms with Gasteiger partial charge in [0.1, 0.15) is 11.6 Å². The number of rotatable bonds is 2. The largest absolute Gasteiger partial charge is 0.397 e. The lowest BCUT2D eigenvalue weighted by atomic mass is 10.1. The normalized spacial score (nSPS) is 10.8. The Kier molecular flexibility index (Phi) is 3.31. The molecule has 2 aromatic carbocycles. The number of aromatic nitrogens is 2. The predicted molar refractivity (Wildman–Crippen MR) is 74.5 cm³/mol. The van der Waals surface area contributed by atoms with Gasteiger partial charge in [-0.05, 0) is 24.3 Å². The molecule has 0 bridgehead atoms.